The number of piperazine rings is 1. The van der Waals surface area contributed by atoms with E-state index in [1.54, 1.807) is 13.2 Å². The summed E-state index contributed by atoms with van der Waals surface area (Å²) >= 11 is 0. The van der Waals surface area contributed by atoms with Crippen LogP contribution in [0.5, 0.6) is 5.75 Å². The Morgan fingerprint density at radius 3 is 2.32 bits per heavy atom. The van der Waals surface area contributed by atoms with Crippen molar-refractivity contribution in [1.29, 1.82) is 0 Å². The Morgan fingerprint density at radius 2 is 1.68 bits per heavy atom. The fraction of sp³-hybridized carbons (Fsp3) is 0.381. The maximum atomic E-state index is 10.1. The van der Waals surface area contributed by atoms with Crippen molar-refractivity contribution in [1.82, 2.24) is 10.2 Å². The molecule has 1 fully saturated rings. The van der Waals surface area contributed by atoms with Crippen LogP contribution in [-0.4, -0.2) is 56.3 Å². The lowest BCUT2D eigenvalue weighted by molar-refractivity contribution is 0.184. The molecule has 1 aliphatic heterocycles. The average Bonchev–Trinajstić information content (AvgIpc) is 2.71. The molecule has 152 valence electrons. The molecule has 7 heteroatoms. The predicted octanol–water partition coefficient (Wildman–Crippen LogP) is 3.05. The number of rotatable bonds is 5. The summed E-state index contributed by atoms with van der Waals surface area (Å²) in [5.74, 6) is 1.24. The maximum Gasteiger partial charge on any atom is 0.194 e. The van der Waals surface area contributed by atoms with E-state index in [1.807, 2.05) is 37.4 Å². The van der Waals surface area contributed by atoms with Crippen LogP contribution in [0.2, 0.25) is 0 Å². The zero-order chi connectivity index (χ0) is 19.1. The third-order valence-corrected chi connectivity index (χ3v) is 4.87. The van der Waals surface area contributed by atoms with Crippen LogP contribution in [0.4, 0.5) is 5.69 Å². The number of phenols is 1. The van der Waals surface area contributed by atoms with E-state index < -0.39 is 0 Å². The topological polar surface area (TPSA) is 60.3 Å². The molecular formula is C21H29IN4O2. The number of guanidine groups is 1. The van der Waals surface area contributed by atoms with Gasteiger partial charge in [-0.2, -0.15) is 0 Å². The van der Waals surface area contributed by atoms with Gasteiger partial charge in [0, 0.05) is 46.9 Å². The minimum absolute atomic E-state index is 0. The van der Waals surface area contributed by atoms with Gasteiger partial charge in [0.2, 0.25) is 0 Å². The van der Waals surface area contributed by atoms with Crippen molar-refractivity contribution in [2.75, 3.05) is 45.2 Å². The van der Waals surface area contributed by atoms with Crippen molar-refractivity contribution < 1.29 is 9.84 Å². The largest absolute Gasteiger partial charge is 0.506 e. The molecule has 0 aromatic heterocycles. The molecule has 2 aromatic rings. The third kappa shape index (κ3) is 5.51. The number of hydrogen-bond donors (Lipinski definition) is 2. The number of para-hydroxylation sites is 2. The van der Waals surface area contributed by atoms with Gasteiger partial charge >= 0.3 is 0 Å². The molecule has 0 amide bonds. The summed E-state index contributed by atoms with van der Waals surface area (Å²) in [6, 6.07) is 15.8. The van der Waals surface area contributed by atoms with Crippen molar-refractivity contribution in [2.45, 2.75) is 13.2 Å². The van der Waals surface area contributed by atoms with Crippen LogP contribution in [0.15, 0.2) is 53.5 Å². The number of phenolic OH excluding ortho intramolecular Hbond substituents is 1. The molecule has 6 nitrogen and oxygen atoms in total. The summed E-state index contributed by atoms with van der Waals surface area (Å²) in [6.45, 7) is 4.72. The molecule has 2 aromatic carbocycles. The summed E-state index contributed by atoms with van der Waals surface area (Å²) in [7, 11) is 3.53. The van der Waals surface area contributed by atoms with Crippen molar-refractivity contribution in [2.24, 2.45) is 4.99 Å². The molecule has 28 heavy (non-hydrogen) atoms. The number of anilines is 1. The van der Waals surface area contributed by atoms with Gasteiger partial charge in [-0.25, -0.2) is 0 Å². The lowest BCUT2D eigenvalue weighted by Gasteiger charge is -2.37. The molecule has 2 N–H and O–H groups in total. The minimum atomic E-state index is 0. The molecule has 1 heterocycles. The summed E-state index contributed by atoms with van der Waals surface area (Å²) in [5.41, 5.74) is 3.30. The summed E-state index contributed by atoms with van der Waals surface area (Å²) < 4.78 is 5.29. The Morgan fingerprint density at radius 1 is 1.04 bits per heavy atom. The van der Waals surface area contributed by atoms with Crippen LogP contribution in [-0.2, 0) is 17.9 Å². The van der Waals surface area contributed by atoms with E-state index in [0.29, 0.717) is 18.9 Å². The van der Waals surface area contributed by atoms with E-state index in [4.69, 9.17) is 4.74 Å². The summed E-state index contributed by atoms with van der Waals surface area (Å²) in [4.78, 5) is 8.92. The van der Waals surface area contributed by atoms with E-state index in [2.05, 4.69) is 32.2 Å². The normalized spacial score (nSPS) is 14.6. The van der Waals surface area contributed by atoms with Gasteiger partial charge in [0.15, 0.2) is 5.96 Å². The second kappa shape index (κ2) is 11.1. The maximum absolute atomic E-state index is 10.1. The molecule has 1 saturated heterocycles. The highest BCUT2D eigenvalue weighted by Gasteiger charge is 2.21. The highest BCUT2D eigenvalue weighted by molar-refractivity contribution is 14.0. The standard InChI is InChI=1S/C21H28N4O2.HI/c1-22-21(23-15-17-7-3-4-8-18(17)16-27-2)25-13-11-24(12-14-25)19-9-5-6-10-20(19)26;/h3-10,26H,11-16H2,1-2H3,(H,22,23);1H. The number of nitrogens with one attached hydrogen (secondary N) is 1. The summed E-state index contributed by atoms with van der Waals surface area (Å²) in [5, 5.41) is 13.5. The Balaban J connectivity index is 0.00000280. The first-order valence-electron chi connectivity index (χ1n) is 9.27. The predicted molar refractivity (Wildman–Crippen MR) is 125 cm³/mol. The lowest BCUT2D eigenvalue weighted by Crippen LogP contribution is -2.52. The quantitative estimate of drug-likeness (QED) is 0.379. The number of benzene rings is 2. The molecule has 1 aliphatic rings. The average molecular weight is 496 g/mol. The zero-order valence-corrected chi connectivity index (χ0v) is 18.8. The van der Waals surface area contributed by atoms with Gasteiger partial charge in [-0.1, -0.05) is 36.4 Å². The van der Waals surface area contributed by atoms with Gasteiger partial charge < -0.3 is 25.0 Å². The highest BCUT2D eigenvalue weighted by atomic mass is 127. The molecule has 0 bridgehead atoms. The second-order valence-electron chi connectivity index (χ2n) is 6.57. The second-order valence-corrected chi connectivity index (χ2v) is 6.57. The fourth-order valence-electron chi connectivity index (χ4n) is 3.42. The Labute approximate surface area is 184 Å². The fourth-order valence-corrected chi connectivity index (χ4v) is 3.42. The van der Waals surface area contributed by atoms with Crippen LogP contribution in [0, 0.1) is 0 Å². The molecule has 0 saturated carbocycles. The van der Waals surface area contributed by atoms with Gasteiger partial charge in [0.25, 0.3) is 0 Å². The van der Waals surface area contributed by atoms with E-state index in [0.717, 1.165) is 37.8 Å². The van der Waals surface area contributed by atoms with Crippen molar-refractivity contribution in [3.8, 4) is 5.75 Å². The molecule has 0 unspecified atom stereocenters. The number of aromatic hydroxyl groups is 1. The van der Waals surface area contributed by atoms with E-state index in [-0.39, 0.29) is 24.0 Å². The van der Waals surface area contributed by atoms with Gasteiger partial charge in [0.05, 0.1) is 12.3 Å². The molecule has 0 aliphatic carbocycles. The van der Waals surface area contributed by atoms with Crippen LogP contribution in [0.1, 0.15) is 11.1 Å². The monoisotopic (exact) mass is 496 g/mol. The smallest absolute Gasteiger partial charge is 0.194 e. The molecule has 3 rings (SSSR count). The molecular weight excluding hydrogens is 467 g/mol. The Bertz CT molecular complexity index is 777. The van der Waals surface area contributed by atoms with E-state index in [1.165, 1.54) is 11.1 Å². The van der Waals surface area contributed by atoms with Crippen molar-refractivity contribution in [3.63, 3.8) is 0 Å². The Kier molecular flexibility index (Phi) is 8.85. The first-order chi connectivity index (χ1) is 13.2. The number of halogens is 1. The van der Waals surface area contributed by atoms with Crippen molar-refractivity contribution >= 4 is 35.6 Å². The number of ether oxygens (including phenoxy) is 1. The van der Waals surface area contributed by atoms with Crippen LogP contribution < -0.4 is 10.2 Å². The Hall–Kier alpha value is -2.00. The van der Waals surface area contributed by atoms with Crippen LogP contribution >= 0.6 is 24.0 Å². The SMILES string of the molecule is CN=C(NCc1ccccc1COC)N1CCN(c2ccccc2O)CC1.I. The zero-order valence-electron chi connectivity index (χ0n) is 16.5. The van der Waals surface area contributed by atoms with Gasteiger partial charge in [-0.3, -0.25) is 4.99 Å². The van der Waals surface area contributed by atoms with Gasteiger partial charge in [0.1, 0.15) is 5.75 Å². The van der Waals surface area contributed by atoms with E-state index in [9.17, 15) is 5.11 Å². The van der Waals surface area contributed by atoms with Gasteiger partial charge in [-0.15, -0.1) is 24.0 Å². The molecule has 0 atom stereocenters. The van der Waals surface area contributed by atoms with Gasteiger partial charge in [-0.05, 0) is 23.3 Å². The third-order valence-electron chi connectivity index (χ3n) is 4.87. The minimum Gasteiger partial charge on any atom is -0.506 e. The number of aliphatic imine (C=N–C) groups is 1. The number of hydrogen-bond acceptors (Lipinski definition) is 4. The van der Waals surface area contributed by atoms with E-state index >= 15 is 0 Å². The lowest BCUT2D eigenvalue weighted by atomic mass is 10.1. The summed E-state index contributed by atoms with van der Waals surface area (Å²) in [6.07, 6.45) is 0. The first-order valence-corrected chi connectivity index (χ1v) is 9.27. The number of methoxy groups -OCH3 is 1. The highest BCUT2D eigenvalue weighted by Crippen LogP contribution is 2.27. The molecule has 0 radical (unpaired) electrons. The van der Waals surface area contributed by atoms with Crippen LogP contribution in [0.3, 0.4) is 0 Å². The molecule has 0 spiro atoms. The van der Waals surface area contributed by atoms with Crippen LogP contribution in [0.25, 0.3) is 0 Å². The van der Waals surface area contributed by atoms with Crippen molar-refractivity contribution in [3.05, 3.63) is 59.7 Å². The first kappa shape index (κ1) is 22.3. The number of nitrogens with zero attached hydrogens (tertiary/aromatic N) is 3.